The third kappa shape index (κ3) is 5.27. The summed E-state index contributed by atoms with van der Waals surface area (Å²) in [7, 11) is 0. The minimum atomic E-state index is -0.197. The maximum atomic E-state index is 11.6. The molecule has 0 atom stereocenters. The van der Waals surface area contributed by atoms with Crippen molar-refractivity contribution in [3.8, 4) is 0 Å². The van der Waals surface area contributed by atoms with Gasteiger partial charge in [-0.1, -0.05) is 23.7 Å². The smallest absolute Gasteiger partial charge is 0.315 e. The van der Waals surface area contributed by atoms with Crippen LogP contribution in [-0.2, 0) is 11.3 Å². The summed E-state index contributed by atoms with van der Waals surface area (Å²) in [6, 6.07) is 7.15. The molecule has 2 rings (SSSR count). The molecule has 5 nitrogen and oxygen atoms in total. The van der Waals surface area contributed by atoms with Crippen LogP contribution in [-0.4, -0.2) is 36.5 Å². The van der Waals surface area contributed by atoms with Crippen LogP contribution in [0.3, 0.4) is 0 Å². The first-order valence-corrected chi connectivity index (χ1v) is 7.57. The second-order valence-corrected chi connectivity index (χ2v) is 5.51. The first kappa shape index (κ1) is 15.6. The number of halogens is 1. The molecule has 3 amide bonds. The van der Waals surface area contributed by atoms with Crippen LogP contribution in [0, 0.1) is 0 Å². The number of hydrogen-bond donors (Lipinski definition) is 2. The largest absolute Gasteiger partial charge is 0.343 e. The van der Waals surface area contributed by atoms with Crippen LogP contribution in [0.25, 0.3) is 0 Å². The number of amides is 3. The SMILES string of the molecule is O=C(NCCCN1CCCC1=O)NCc1ccc(Cl)cc1. The normalized spacial score (nSPS) is 14.3. The zero-order chi connectivity index (χ0) is 15.1. The highest BCUT2D eigenvalue weighted by atomic mass is 35.5. The van der Waals surface area contributed by atoms with Crippen molar-refractivity contribution in [1.29, 1.82) is 0 Å². The maximum Gasteiger partial charge on any atom is 0.315 e. The van der Waals surface area contributed by atoms with E-state index in [9.17, 15) is 9.59 Å². The Hall–Kier alpha value is -1.75. The Balaban J connectivity index is 1.57. The molecule has 0 bridgehead atoms. The van der Waals surface area contributed by atoms with Crippen molar-refractivity contribution in [2.45, 2.75) is 25.8 Å². The van der Waals surface area contributed by atoms with E-state index >= 15 is 0 Å². The Kier molecular flexibility index (Phi) is 5.87. The zero-order valence-corrected chi connectivity index (χ0v) is 12.7. The Labute approximate surface area is 129 Å². The van der Waals surface area contributed by atoms with E-state index in [0.29, 0.717) is 24.5 Å². The summed E-state index contributed by atoms with van der Waals surface area (Å²) in [4.78, 5) is 24.9. The summed E-state index contributed by atoms with van der Waals surface area (Å²) in [6.45, 7) is 2.60. The number of nitrogens with one attached hydrogen (secondary N) is 2. The molecule has 0 unspecified atom stereocenters. The molecule has 0 aromatic heterocycles. The summed E-state index contributed by atoms with van der Waals surface area (Å²) in [5, 5.41) is 6.25. The number of nitrogens with zero attached hydrogens (tertiary/aromatic N) is 1. The van der Waals surface area contributed by atoms with E-state index in [1.54, 1.807) is 12.1 Å². The Morgan fingerprint density at radius 2 is 2.00 bits per heavy atom. The van der Waals surface area contributed by atoms with Gasteiger partial charge in [0.1, 0.15) is 0 Å². The molecule has 6 heteroatoms. The summed E-state index contributed by atoms with van der Waals surface area (Å²) < 4.78 is 0. The van der Waals surface area contributed by atoms with E-state index in [1.807, 2.05) is 17.0 Å². The fourth-order valence-corrected chi connectivity index (χ4v) is 2.39. The molecule has 1 aromatic carbocycles. The number of likely N-dealkylation sites (tertiary alicyclic amines) is 1. The van der Waals surface area contributed by atoms with Gasteiger partial charge in [0.05, 0.1) is 0 Å². The highest BCUT2D eigenvalue weighted by Gasteiger charge is 2.18. The number of carbonyl (C=O) groups is 2. The van der Waals surface area contributed by atoms with Crippen molar-refractivity contribution >= 4 is 23.5 Å². The van der Waals surface area contributed by atoms with Crippen molar-refractivity contribution in [1.82, 2.24) is 15.5 Å². The summed E-state index contributed by atoms with van der Waals surface area (Å²) in [5.41, 5.74) is 0.997. The van der Waals surface area contributed by atoms with Gasteiger partial charge in [0.2, 0.25) is 5.91 Å². The van der Waals surface area contributed by atoms with Crippen molar-refractivity contribution in [3.63, 3.8) is 0 Å². The minimum absolute atomic E-state index is 0.197. The van der Waals surface area contributed by atoms with Gasteiger partial charge in [-0.15, -0.1) is 0 Å². The van der Waals surface area contributed by atoms with Crippen molar-refractivity contribution in [3.05, 3.63) is 34.9 Å². The molecular formula is C15H20ClN3O2. The molecule has 1 aliphatic rings. The standard InChI is InChI=1S/C15H20ClN3O2/c16-13-6-4-12(5-7-13)11-18-15(21)17-8-2-10-19-9-1-3-14(19)20/h4-7H,1-3,8-11H2,(H2,17,18,21). The van der Waals surface area contributed by atoms with E-state index < -0.39 is 0 Å². The molecule has 0 spiro atoms. The van der Waals surface area contributed by atoms with E-state index in [0.717, 1.165) is 31.5 Å². The predicted octanol–water partition coefficient (Wildman–Crippen LogP) is 2.15. The van der Waals surface area contributed by atoms with Gasteiger partial charge in [-0.2, -0.15) is 0 Å². The summed E-state index contributed by atoms with van der Waals surface area (Å²) >= 11 is 5.80. The number of urea groups is 1. The van der Waals surface area contributed by atoms with Crippen LogP contribution in [0.4, 0.5) is 4.79 Å². The highest BCUT2D eigenvalue weighted by molar-refractivity contribution is 6.30. The summed E-state index contributed by atoms with van der Waals surface area (Å²) in [6.07, 6.45) is 2.39. The Morgan fingerprint density at radius 3 is 2.67 bits per heavy atom. The molecule has 0 saturated carbocycles. The molecule has 21 heavy (non-hydrogen) atoms. The lowest BCUT2D eigenvalue weighted by molar-refractivity contribution is -0.127. The van der Waals surface area contributed by atoms with Crippen LogP contribution in [0.5, 0.6) is 0 Å². The molecule has 1 saturated heterocycles. The van der Waals surface area contributed by atoms with Gasteiger partial charge in [0.15, 0.2) is 0 Å². The number of hydrogen-bond acceptors (Lipinski definition) is 2. The van der Waals surface area contributed by atoms with E-state index in [1.165, 1.54) is 0 Å². The highest BCUT2D eigenvalue weighted by Crippen LogP contribution is 2.10. The third-order valence-electron chi connectivity index (χ3n) is 3.43. The second-order valence-electron chi connectivity index (χ2n) is 5.07. The van der Waals surface area contributed by atoms with Gasteiger partial charge in [0, 0.05) is 37.6 Å². The molecule has 1 fully saturated rings. The first-order valence-electron chi connectivity index (χ1n) is 7.19. The lowest BCUT2D eigenvalue weighted by atomic mass is 10.2. The van der Waals surface area contributed by atoms with Gasteiger partial charge < -0.3 is 15.5 Å². The number of rotatable bonds is 6. The molecule has 0 aliphatic carbocycles. The van der Waals surface area contributed by atoms with Crippen LogP contribution >= 0.6 is 11.6 Å². The van der Waals surface area contributed by atoms with Crippen LogP contribution < -0.4 is 10.6 Å². The van der Waals surface area contributed by atoms with Crippen molar-refractivity contribution in [2.75, 3.05) is 19.6 Å². The summed E-state index contributed by atoms with van der Waals surface area (Å²) in [5.74, 6) is 0.224. The molecule has 1 heterocycles. The van der Waals surface area contributed by atoms with Gasteiger partial charge in [0.25, 0.3) is 0 Å². The monoisotopic (exact) mass is 309 g/mol. The molecule has 2 N–H and O–H groups in total. The number of carbonyl (C=O) groups excluding carboxylic acids is 2. The Bertz CT molecular complexity index is 490. The van der Waals surface area contributed by atoms with Crippen LogP contribution in [0.2, 0.25) is 5.02 Å². The van der Waals surface area contributed by atoms with Crippen LogP contribution in [0.1, 0.15) is 24.8 Å². The molecule has 1 aromatic rings. The topological polar surface area (TPSA) is 61.4 Å². The fraction of sp³-hybridized carbons (Fsp3) is 0.467. The van der Waals surface area contributed by atoms with Gasteiger partial charge >= 0.3 is 6.03 Å². The molecule has 0 radical (unpaired) electrons. The quantitative estimate of drug-likeness (QED) is 0.791. The predicted molar refractivity (Wildman–Crippen MR) is 82.1 cm³/mol. The van der Waals surface area contributed by atoms with Gasteiger partial charge in [-0.25, -0.2) is 4.79 Å². The lowest BCUT2D eigenvalue weighted by Crippen LogP contribution is -2.37. The van der Waals surface area contributed by atoms with Gasteiger partial charge in [-0.3, -0.25) is 4.79 Å². The van der Waals surface area contributed by atoms with E-state index in [-0.39, 0.29) is 11.9 Å². The van der Waals surface area contributed by atoms with Crippen LogP contribution in [0.15, 0.2) is 24.3 Å². The van der Waals surface area contributed by atoms with E-state index in [4.69, 9.17) is 11.6 Å². The zero-order valence-electron chi connectivity index (χ0n) is 11.9. The Morgan fingerprint density at radius 1 is 1.24 bits per heavy atom. The van der Waals surface area contributed by atoms with E-state index in [2.05, 4.69) is 10.6 Å². The number of benzene rings is 1. The second kappa shape index (κ2) is 7.88. The minimum Gasteiger partial charge on any atom is -0.343 e. The van der Waals surface area contributed by atoms with Crippen molar-refractivity contribution < 1.29 is 9.59 Å². The molecular weight excluding hydrogens is 290 g/mol. The average Bonchev–Trinajstić information content (AvgIpc) is 2.88. The fourth-order valence-electron chi connectivity index (χ4n) is 2.26. The lowest BCUT2D eigenvalue weighted by Gasteiger charge is -2.15. The average molecular weight is 310 g/mol. The molecule has 114 valence electrons. The first-order chi connectivity index (χ1) is 10.1. The van der Waals surface area contributed by atoms with Gasteiger partial charge in [-0.05, 0) is 30.5 Å². The maximum absolute atomic E-state index is 11.6. The third-order valence-corrected chi connectivity index (χ3v) is 3.68. The molecule has 1 aliphatic heterocycles. The van der Waals surface area contributed by atoms with Crippen molar-refractivity contribution in [2.24, 2.45) is 0 Å².